The van der Waals surface area contributed by atoms with Gasteiger partial charge in [-0.15, -0.1) is 0 Å². The fraction of sp³-hybridized carbons (Fsp3) is 0.571. The molecule has 2 aliphatic rings. The van der Waals surface area contributed by atoms with E-state index >= 15 is 0 Å². The van der Waals surface area contributed by atoms with Gasteiger partial charge in [0.1, 0.15) is 13.2 Å². The molecule has 0 saturated carbocycles. The summed E-state index contributed by atoms with van der Waals surface area (Å²) in [6, 6.07) is 6.36. The molecule has 3 nitrogen and oxygen atoms in total. The summed E-state index contributed by atoms with van der Waals surface area (Å²) >= 11 is 0. The van der Waals surface area contributed by atoms with Crippen LogP contribution >= 0.6 is 0 Å². The molecule has 3 heteroatoms. The molecular formula is C14H19NO2. The highest BCUT2D eigenvalue weighted by Gasteiger charge is 2.35. The summed E-state index contributed by atoms with van der Waals surface area (Å²) in [4.78, 5) is 0. The third-order valence-electron chi connectivity index (χ3n) is 3.85. The minimum atomic E-state index is 0.170. The van der Waals surface area contributed by atoms with Gasteiger partial charge >= 0.3 is 0 Å². The van der Waals surface area contributed by atoms with Crippen molar-refractivity contribution in [3.63, 3.8) is 0 Å². The van der Waals surface area contributed by atoms with E-state index in [1.165, 1.54) is 12.0 Å². The third kappa shape index (κ3) is 1.89. The Morgan fingerprint density at radius 3 is 2.65 bits per heavy atom. The first kappa shape index (κ1) is 10.9. The Morgan fingerprint density at radius 2 is 1.94 bits per heavy atom. The van der Waals surface area contributed by atoms with E-state index in [2.05, 4.69) is 31.3 Å². The Hall–Kier alpha value is -1.22. The van der Waals surface area contributed by atoms with Gasteiger partial charge in [-0.1, -0.05) is 6.07 Å². The van der Waals surface area contributed by atoms with E-state index in [4.69, 9.17) is 9.47 Å². The third-order valence-corrected chi connectivity index (χ3v) is 3.85. The zero-order chi connectivity index (χ0) is 11.9. The monoisotopic (exact) mass is 233 g/mol. The summed E-state index contributed by atoms with van der Waals surface area (Å²) in [6.07, 6.45) is 1.19. The number of hydrogen-bond acceptors (Lipinski definition) is 3. The number of ether oxygens (including phenoxy) is 2. The van der Waals surface area contributed by atoms with Crippen LogP contribution in [0.25, 0.3) is 0 Å². The molecule has 1 aromatic carbocycles. The van der Waals surface area contributed by atoms with Gasteiger partial charge < -0.3 is 14.8 Å². The highest BCUT2D eigenvalue weighted by molar-refractivity contribution is 5.45. The minimum Gasteiger partial charge on any atom is -0.486 e. The Kier molecular flexibility index (Phi) is 2.51. The second kappa shape index (κ2) is 3.91. The van der Waals surface area contributed by atoms with Gasteiger partial charge in [-0.05, 0) is 44.5 Å². The Morgan fingerprint density at radius 1 is 1.18 bits per heavy atom. The Labute approximate surface area is 102 Å². The second-order valence-electron chi connectivity index (χ2n) is 5.39. The van der Waals surface area contributed by atoms with Crippen LogP contribution in [0, 0.1) is 0 Å². The van der Waals surface area contributed by atoms with Crippen molar-refractivity contribution in [2.24, 2.45) is 0 Å². The molecule has 2 heterocycles. The van der Waals surface area contributed by atoms with Gasteiger partial charge in [-0.25, -0.2) is 0 Å². The van der Waals surface area contributed by atoms with Crippen LogP contribution in [-0.2, 0) is 0 Å². The van der Waals surface area contributed by atoms with Crippen LogP contribution in [-0.4, -0.2) is 25.3 Å². The van der Waals surface area contributed by atoms with Gasteiger partial charge in [0.05, 0.1) is 0 Å². The van der Waals surface area contributed by atoms with E-state index in [-0.39, 0.29) is 5.54 Å². The van der Waals surface area contributed by atoms with E-state index in [1.807, 2.05) is 6.07 Å². The molecule has 2 aliphatic heterocycles. The molecule has 0 aromatic heterocycles. The highest BCUT2D eigenvalue weighted by Crippen LogP contribution is 2.39. The summed E-state index contributed by atoms with van der Waals surface area (Å²) < 4.78 is 11.2. The fourth-order valence-corrected chi connectivity index (χ4v) is 2.88. The smallest absolute Gasteiger partial charge is 0.161 e. The van der Waals surface area contributed by atoms with Crippen LogP contribution in [0.1, 0.15) is 31.7 Å². The molecule has 1 fully saturated rings. The van der Waals surface area contributed by atoms with Crippen molar-refractivity contribution in [2.75, 3.05) is 19.8 Å². The largest absolute Gasteiger partial charge is 0.486 e. The molecule has 0 bridgehead atoms. The van der Waals surface area contributed by atoms with Crippen molar-refractivity contribution >= 4 is 0 Å². The van der Waals surface area contributed by atoms with E-state index in [1.54, 1.807) is 0 Å². The van der Waals surface area contributed by atoms with Crippen LogP contribution in [0.3, 0.4) is 0 Å². The molecule has 3 rings (SSSR count). The normalized spacial score (nSPS) is 25.9. The fourth-order valence-electron chi connectivity index (χ4n) is 2.88. The molecule has 0 aliphatic carbocycles. The molecule has 1 atom stereocenters. The number of benzene rings is 1. The lowest BCUT2D eigenvalue weighted by molar-refractivity contribution is 0.171. The quantitative estimate of drug-likeness (QED) is 0.807. The summed E-state index contributed by atoms with van der Waals surface area (Å²) in [5, 5.41) is 3.55. The predicted molar refractivity (Wildman–Crippen MR) is 66.9 cm³/mol. The zero-order valence-electron chi connectivity index (χ0n) is 10.5. The lowest BCUT2D eigenvalue weighted by atomic mass is 9.83. The summed E-state index contributed by atoms with van der Waals surface area (Å²) in [5.41, 5.74) is 1.52. The maximum absolute atomic E-state index is 5.65. The van der Waals surface area contributed by atoms with Crippen LogP contribution in [0.5, 0.6) is 11.5 Å². The lowest BCUT2D eigenvalue weighted by Gasteiger charge is -2.28. The molecule has 1 N–H and O–H groups in total. The van der Waals surface area contributed by atoms with Crippen molar-refractivity contribution in [2.45, 2.75) is 31.7 Å². The van der Waals surface area contributed by atoms with Crippen molar-refractivity contribution in [1.29, 1.82) is 0 Å². The summed E-state index contributed by atoms with van der Waals surface area (Å²) in [5.74, 6) is 2.33. The van der Waals surface area contributed by atoms with Gasteiger partial charge in [0.15, 0.2) is 11.5 Å². The maximum Gasteiger partial charge on any atom is 0.161 e. The van der Waals surface area contributed by atoms with Crippen molar-refractivity contribution in [3.8, 4) is 11.5 Å². The summed E-state index contributed by atoms with van der Waals surface area (Å²) in [7, 11) is 0. The molecule has 0 amide bonds. The van der Waals surface area contributed by atoms with Crippen molar-refractivity contribution in [1.82, 2.24) is 5.32 Å². The van der Waals surface area contributed by atoms with Crippen molar-refractivity contribution in [3.05, 3.63) is 23.8 Å². The van der Waals surface area contributed by atoms with E-state index in [0.717, 1.165) is 18.0 Å². The Balaban J connectivity index is 1.93. The first-order valence-electron chi connectivity index (χ1n) is 6.31. The molecular weight excluding hydrogens is 214 g/mol. The van der Waals surface area contributed by atoms with Gasteiger partial charge in [0.2, 0.25) is 0 Å². The van der Waals surface area contributed by atoms with Gasteiger partial charge in [-0.3, -0.25) is 0 Å². The number of fused-ring (bicyclic) bond motifs is 1. The lowest BCUT2D eigenvalue weighted by Crippen LogP contribution is -2.36. The maximum atomic E-state index is 5.65. The first-order valence-corrected chi connectivity index (χ1v) is 6.31. The van der Waals surface area contributed by atoms with Gasteiger partial charge in [0, 0.05) is 11.5 Å². The Bertz CT molecular complexity index is 428. The van der Waals surface area contributed by atoms with Gasteiger partial charge in [-0.2, -0.15) is 0 Å². The SMILES string of the molecule is CC1(C)NCCC1c1ccc2c(c1)OCCO2. The molecule has 1 saturated heterocycles. The highest BCUT2D eigenvalue weighted by atomic mass is 16.6. The van der Waals surface area contributed by atoms with Gasteiger partial charge in [0.25, 0.3) is 0 Å². The van der Waals surface area contributed by atoms with Crippen LogP contribution < -0.4 is 14.8 Å². The number of hydrogen-bond donors (Lipinski definition) is 1. The molecule has 1 aromatic rings. The predicted octanol–water partition coefficient (Wildman–Crippen LogP) is 2.31. The average molecular weight is 233 g/mol. The van der Waals surface area contributed by atoms with E-state index in [0.29, 0.717) is 19.1 Å². The minimum absolute atomic E-state index is 0.170. The molecule has 0 radical (unpaired) electrons. The molecule has 17 heavy (non-hydrogen) atoms. The second-order valence-corrected chi connectivity index (χ2v) is 5.39. The molecule has 1 unspecified atom stereocenters. The van der Waals surface area contributed by atoms with Crippen LogP contribution in [0.4, 0.5) is 0 Å². The first-order chi connectivity index (χ1) is 8.17. The molecule has 92 valence electrons. The van der Waals surface area contributed by atoms with E-state index in [9.17, 15) is 0 Å². The number of nitrogens with one attached hydrogen (secondary N) is 1. The van der Waals surface area contributed by atoms with E-state index < -0.39 is 0 Å². The van der Waals surface area contributed by atoms with Crippen molar-refractivity contribution < 1.29 is 9.47 Å². The van der Waals surface area contributed by atoms with Crippen LogP contribution in [0.2, 0.25) is 0 Å². The molecule has 0 spiro atoms. The van der Waals surface area contributed by atoms with Crippen LogP contribution in [0.15, 0.2) is 18.2 Å². The summed E-state index contributed by atoms with van der Waals surface area (Å²) in [6.45, 7) is 6.93. The standard InChI is InChI=1S/C14H19NO2/c1-14(2)11(5-6-15-14)10-3-4-12-13(9-10)17-8-7-16-12/h3-4,9,11,15H,5-8H2,1-2H3. The topological polar surface area (TPSA) is 30.5 Å². The number of rotatable bonds is 1. The average Bonchev–Trinajstić information content (AvgIpc) is 2.68. The zero-order valence-corrected chi connectivity index (χ0v) is 10.5.